The van der Waals surface area contributed by atoms with Crippen LogP contribution in [-0.2, 0) is 6.18 Å². The number of Topliss-reactive ketones (excluding diaryl/α,β-unsaturated/α-hetero) is 1. The summed E-state index contributed by atoms with van der Waals surface area (Å²) < 4.78 is 37.4. The van der Waals surface area contributed by atoms with Crippen LogP contribution in [-0.4, -0.2) is 31.3 Å². The summed E-state index contributed by atoms with van der Waals surface area (Å²) in [4.78, 5) is 13.6. The van der Waals surface area contributed by atoms with Gasteiger partial charge >= 0.3 is 6.18 Å². The van der Waals surface area contributed by atoms with Crippen molar-refractivity contribution in [3.63, 3.8) is 0 Å². The second-order valence-electron chi connectivity index (χ2n) is 4.41. The van der Waals surface area contributed by atoms with E-state index in [0.717, 1.165) is 18.7 Å². The van der Waals surface area contributed by atoms with Crippen LogP contribution in [0.1, 0.15) is 28.8 Å². The molecule has 0 radical (unpaired) electrons. The Bertz CT molecular complexity index is 413. The van der Waals surface area contributed by atoms with Crippen molar-refractivity contribution >= 4 is 5.78 Å². The molecule has 0 aromatic heterocycles. The Morgan fingerprint density at radius 1 is 1.28 bits per heavy atom. The Hall–Kier alpha value is -1.36. The fourth-order valence-corrected chi connectivity index (χ4v) is 1.57. The van der Waals surface area contributed by atoms with Crippen molar-refractivity contribution in [1.29, 1.82) is 0 Å². The molecule has 1 rings (SSSR count). The summed E-state index contributed by atoms with van der Waals surface area (Å²) in [5.74, 6) is -0.247. The number of carbonyl (C=O) groups is 1. The molecule has 0 aliphatic carbocycles. The van der Waals surface area contributed by atoms with Crippen molar-refractivity contribution in [3.05, 3.63) is 35.4 Å². The minimum absolute atomic E-state index is 0.128. The third-order valence-corrected chi connectivity index (χ3v) is 2.52. The normalized spacial score (nSPS) is 11.9. The van der Waals surface area contributed by atoms with E-state index in [4.69, 9.17) is 0 Å². The first kappa shape index (κ1) is 14.7. The highest BCUT2D eigenvalue weighted by Crippen LogP contribution is 2.29. The number of nitrogens with zero attached hydrogens (tertiary/aromatic N) is 1. The van der Waals surface area contributed by atoms with Gasteiger partial charge in [-0.1, -0.05) is 12.1 Å². The topological polar surface area (TPSA) is 20.3 Å². The third kappa shape index (κ3) is 4.49. The molecular weight excluding hydrogens is 243 g/mol. The molecule has 1 aromatic carbocycles. The Morgan fingerprint density at radius 3 is 2.50 bits per heavy atom. The number of alkyl halides is 3. The first-order chi connectivity index (χ1) is 8.30. The van der Waals surface area contributed by atoms with Gasteiger partial charge in [-0.2, -0.15) is 13.2 Å². The lowest BCUT2D eigenvalue weighted by Gasteiger charge is -2.10. The van der Waals surface area contributed by atoms with Gasteiger partial charge in [0.25, 0.3) is 0 Å². The van der Waals surface area contributed by atoms with Crippen molar-refractivity contribution in [2.45, 2.75) is 19.0 Å². The zero-order chi connectivity index (χ0) is 13.8. The molecule has 0 atom stereocenters. The van der Waals surface area contributed by atoms with Gasteiger partial charge in [0, 0.05) is 12.0 Å². The summed E-state index contributed by atoms with van der Waals surface area (Å²) in [6.07, 6.45) is -3.50. The summed E-state index contributed by atoms with van der Waals surface area (Å²) in [5, 5.41) is 0. The maximum absolute atomic E-state index is 12.5. The van der Waals surface area contributed by atoms with Gasteiger partial charge in [0.15, 0.2) is 5.78 Å². The molecule has 0 spiro atoms. The average molecular weight is 259 g/mol. The van der Waals surface area contributed by atoms with Crippen LogP contribution in [0.25, 0.3) is 0 Å². The van der Waals surface area contributed by atoms with Gasteiger partial charge in [0.05, 0.1) is 5.56 Å². The molecule has 0 N–H and O–H groups in total. The number of hydrogen-bond donors (Lipinski definition) is 0. The van der Waals surface area contributed by atoms with E-state index in [1.54, 1.807) is 0 Å². The maximum atomic E-state index is 12.5. The molecule has 100 valence electrons. The predicted molar refractivity (Wildman–Crippen MR) is 63.6 cm³/mol. The van der Waals surface area contributed by atoms with Gasteiger partial charge in [-0.15, -0.1) is 0 Å². The van der Waals surface area contributed by atoms with Crippen LogP contribution in [0.15, 0.2) is 24.3 Å². The fraction of sp³-hybridized carbons (Fsp3) is 0.462. The largest absolute Gasteiger partial charge is 0.416 e. The quantitative estimate of drug-likeness (QED) is 0.757. The van der Waals surface area contributed by atoms with Crippen molar-refractivity contribution in [3.8, 4) is 0 Å². The van der Waals surface area contributed by atoms with E-state index < -0.39 is 11.7 Å². The molecule has 0 aliphatic heterocycles. The number of rotatable bonds is 5. The molecule has 1 aromatic rings. The number of halogens is 3. The number of ketones is 1. The minimum Gasteiger partial charge on any atom is -0.309 e. The molecule has 0 heterocycles. The standard InChI is InChI=1S/C13H16F3NO/c1-17(2)8-4-7-12(18)10-5-3-6-11(9-10)13(14,15)16/h3,5-6,9H,4,7-8H2,1-2H3. The summed E-state index contributed by atoms with van der Waals surface area (Å²) in [6.45, 7) is 0.741. The second kappa shape index (κ2) is 6.00. The van der Waals surface area contributed by atoms with Gasteiger partial charge in [-0.25, -0.2) is 0 Å². The van der Waals surface area contributed by atoms with Gasteiger partial charge in [0.1, 0.15) is 0 Å². The van der Waals surface area contributed by atoms with Crippen molar-refractivity contribution in [2.24, 2.45) is 0 Å². The van der Waals surface area contributed by atoms with Gasteiger partial charge in [-0.3, -0.25) is 4.79 Å². The first-order valence-electron chi connectivity index (χ1n) is 5.66. The van der Waals surface area contributed by atoms with Crippen LogP contribution in [0.2, 0.25) is 0 Å². The van der Waals surface area contributed by atoms with E-state index >= 15 is 0 Å². The molecule has 0 saturated carbocycles. The summed E-state index contributed by atoms with van der Waals surface area (Å²) in [5.41, 5.74) is -0.649. The molecule has 5 heteroatoms. The Labute approximate surface area is 104 Å². The van der Waals surface area contributed by atoms with Gasteiger partial charge in [-0.05, 0) is 39.2 Å². The summed E-state index contributed by atoms with van der Waals surface area (Å²) in [7, 11) is 3.77. The van der Waals surface area contributed by atoms with Crippen molar-refractivity contribution in [2.75, 3.05) is 20.6 Å². The second-order valence-corrected chi connectivity index (χ2v) is 4.41. The zero-order valence-electron chi connectivity index (χ0n) is 10.4. The Kier molecular flexibility index (Phi) is 4.90. The van der Waals surface area contributed by atoms with Crippen LogP contribution < -0.4 is 0 Å². The molecule has 0 saturated heterocycles. The lowest BCUT2D eigenvalue weighted by Crippen LogP contribution is -2.14. The molecule has 0 bridgehead atoms. The Balaban J connectivity index is 2.69. The number of carbonyl (C=O) groups excluding carboxylic acids is 1. The van der Waals surface area contributed by atoms with E-state index in [1.807, 2.05) is 19.0 Å². The Morgan fingerprint density at radius 2 is 1.94 bits per heavy atom. The molecule has 18 heavy (non-hydrogen) atoms. The summed E-state index contributed by atoms with van der Waals surface area (Å²) in [6, 6.07) is 4.57. The lowest BCUT2D eigenvalue weighted by atomic mass is 10.0. The molecule has 0 unspecified atom stereocenters. The van der Waals surface area contributed by atoms with Gasteiger partial charge < -0.3 is 4.90 Å². The average Bonchev–Trinajstić information content (AvgIpc) is 2.27. The van der Waals surface area contributed by atoms with Crippen LogP contribution in [0.4, 0.5) is 13.2 Å². The van der Waals surface area contributed by atoms with Crippen molar-refractivity contribution in [1.82, 2.24) is 4.90 Å². The highest BCUT2D eigenvalue weighted by atomic mass is 19.4. The van der Waals surface area contributed by atoms with Crippen LogP contribution in [0, 0.1) is 0 Å². The highest BCUT2D eigenvalue weighted by molar-refractivity contribution is 5.96. The van der Waals surface area contributed by atoms with E-state index in [-0.39, 0.29) is 17.8 Å². The van der Waals surface area contributed by atoms with E-state index in [0.29, 0.717) is 6.42 Å². The first-order valence-corrected chi connectivity index (χ1v) is 5.66. The van der Waals surface area contributed by atoms with Crippen molar-refractivity contribution < 1.29 is 18.0 Å². The molecule has 0 fully saturated rings. The van der Waals surface area contributed by atoms with E-state index in [1.165, 1.54) is 12.1 Å². The third-order valence-electron chi connectivity index (χ3n) is 2.52. The minimum atomic E-state index is -4.40. The van der Waals surface area contributed by atoms with Crippen LogP contribution >= 0.6 is 0 Å². The monoisotopic (exact) mass is 259 g/mol. The number of benzene rings is 1. The fourth-order valence-electron chi connectivity index (χ4n) is 1.57. The highest BCUT2D eigenvalue weighted by Gasteiger charge is 2.30. The molecular formula is C13H16F3NO. The SMILES string of the molecule is CN(C)CCCC(=O)c1cccc(C(F)(F)F)c1. The van der Waals surface area contributed by atoms with Crippen LogP contribution in [0.5, 0.6) is 0 Å². The smallest absolute Gasteiger partial charge is 0.309 e. The lowest BCUT2D eigenvalue weighted by molar-refractivity contribution is -0.137. The van der Waals surface area contributed by atoms with Crippen LogP contribution in [0.3, 0.4) is 0 Å². The number of hydrogen-bond acceptors (Lipinski definition) is 2. The predicted octanol–water partition coefficient (Wildman–Crippen LogP) is 3.23. The molecule has 2 nitrogen and oxygen atoms in total. The van der Waals surface area contributed by atoms with Gasteiger partial charge in [0.2, 0.25) is 0 Å². The molecule has 0 aliphatic rings. The molecule has 0 amide bonds. The zero-order valence-corrected chi connectivity index (χ0v) is 10.4. The summed E-state index contributed by atoms with van der Waals surface area (Å²) >= 11 is 0. The van der Waals surface area contributed by atoms with E-state index in [2.05, 4.69) is 0 Å². The maximum Gasteiger partial charge on any atom is 0.416 e. The van der Waals surface area contributed by atoms with E-state index in [9.17, 15) is 18.0 Å².